The van der Waals surface area contributed by atoms with Crippen molar-refractivity contribution in [2.24, 2.45) is 0 Å². The predicted molar refractivity (Wildman–Crippen MR) is 137 cm³/mol. The van der Waals surface area contributed by atoms with Crippen molar-refractivity contribution < 1.29 is 32.2 Å². The molecule has 3 aromatic carbocycles. The molecule has 1 amide bonds. The summed E-state index contributed by atoms with van der Waals surface area (Å²) in [6.07, 6.45) is 0. The lowest BCUT2D eigenvalue weighted by Crippen LogP contribution is -2.40. The molecule has 0 saturated carbocycles. The van der Waals surface area contributed by atoms with Crippen molar-refractivity contribution in [3.05, 3.63) is 71.2 Å². The summed E-state index contributed by atoms with van der Waals surface area (Å²) in [6, 6.07) is 15.5. The molecule has 3 aromatic rings. The van der Waals surface area contributed by atoms with Gasteiger partial charge in [-0.15, -0.1) is 0 Å². The molecule has 9 nitrogen and oxygen atoms in total. The maximum Gasteiger partial charge on any atom is 0.264 e. The zero-order valence-electron chi connectivity index (χ0n) is 20.3. The van der Waals surface area contributed by atoms with Crippen LogP contribution in [0.3, 0.4) is 0 Å². The van der Waals surface area contributed by atoms with Gasteiger partial charge in [0.05, 0.1) is 39.0 Å². The van der Waals surface area contributed by atoms with Crippen LogP contribution in [-0.2, 0) is 21.4 Å². The minimum Gasteiger partial charge on any atom is -0.497 e. The standard InChI is InChI=1S/C25H27ClN2O7S/c1-32-20-10-12-21(13-11-20)36(30,31)28(19-8-6-18(26)7-9-19)16-23(29)27-15-17-5-14-22(33-2)25(35-4)24(17)34-3/h5-14H,15-16H2,1-4H3,(H,27,29). The van der Waals surface area contributed by atoms with E-state index >= 15 is 0 Å². The van der Waals surface area contributed by atoms with Gasteiger partial charge >= 0.3 is 0 Å². The number of methoxy groups -OCH3 is 4. The van der Waals surface area contributed by atoms with Gasteiger partial charge in [0.2, 0.25) is 11.7 Å². The first-order valence-corrected chi connectivity index (χ1v) is 12.5. The van der Waals surface area contributed by atoms with Crippen LogP contribution >= 0.6 is 11.6 Å². The number of nitrogens with zero attached hydrogens (tertiary/aromatic N) is 1. The van der Waals surface area contributed by atoms with Crippen molar-refractivity contribution in [3.63, 3.8) is 0 Å². The first-order valence-electron chi connectivity index (χ1n) is 10.7. The number of halogens is 1. The fraction of sp³-hybridized carbons (Fsp3) is 0.240. The molecule has 0 fully saturated rings. The molecule has 0 bridgehead atoms. The summed E-state index contributed by atoms with van der Waals surface area (Å²) >= 11 is 5.99. The Kier molecular flexibility index (Phi) is 8.89. The number of nitrogens with one attached hydrogen (secondary N) is 1. The van der Waals surface area contributed by atoms with E-state index in [1.807, 2.05) is 0 Å². The lowest BCUT2D eigenvalue weighted by molar-refractivity contribution is -0.119. The third kappa shape index (κ3) is 5.95. The van der Waals surface area contributed by atoms with Gasteiger partial charge in [-0.1, -0.05) is 11.6 Å². The molecule has 3 rings (SSSR count). The Morgan fingerprint density at radius 1 is 0.833 bits per heavy atom. The smallest absolute Gasteiger partial charge is 0.264 e. The van der Waals surface area contributed by atoms with Gasteiger partial charge < -0.3 is 24.3 Å². The van der Waals surface area contributed by atoms with Gasteiger partial charge in [0, 0.05) is 17.1 Å². The van der Waals surface area contributed by atoms with Crippen molar-refractivity contribution in [3.8, 4) is 23.0 Å². The molecule has 0 aromatic heterocycles. The van der Waals surface area contributed by atoms with Crippen LogP contribution in [0.1, 0.15) is 5.56 Å². The zero-order valence-corrected chi connectivity index (χ0v) is 21.9. The molecule has 0 radical (unpaired) electrons. The van der Waals surface area contributed by atoms with Gasteiger partial charge in [0.15, 0.2) is 11.5 Å². The Hall–Kier alpha value is -3.63. The summed E-state index contributed by atoms with van der Waals surface area (Å²) in [5.41, 5.74) is 0.911. The highest BCUT2D eigenvalue weighted by Gasteiger charge is 2.27. The summed E-state index contributed by atoms with van der Waals surface area (Å²) in [4.78, 5) is 13.0. The summed E-state index contributed by atoms with van der Waals surface area (Å²) in [6.45, 7) is -0.398. The second-order valence-electron chi connectivity index (χ2n) is 7.43. The molecule has 11 heteroatoms. The van der Waals surface area contributed by atoms with E-state index in [-0.39, 0.29) is 17.1 Å². The van der Waals surface area contributed by atoms with E-state index in [1.54, 1.807) is 24.3 Å². The maximum absolute atomic E-state index is 13.5. The number of benzene rings is 3. The predicted octanol–water partition coefficient (Wildman–Crippen LogP) is 3.89. The average Bonchev–Trinajstić information content (AvgIpc) is 2.90. The number of hydrogen-bond donors (Lipinski definition) is 1. The van der Waals surface area contributed by atoms with Gasteiger partial charge in [-0.3, -0.25) is 9.10 Å². The monoisotopic (exact) mass is 534 g/mol. The van der Waals surface area contributed by atoms with Crippen LogP contribution in [0.4, 0.5) is 5.69 Å². The van der Waals surface area contributed by atoms with Crippen LogP contribution in [0, 0.1) is 0 Å². The fourth-order valence-corrected chi connectivity index (χ4v) is 5.03. The summed E-state index contributed by atoms with van der Waals surface area (Å²) in [5.74, 6) is 1.24. The van der Waals surface area contributed by atoms with E-state index in [0.29, 0.717) is 33.6 Å². The average molecular weight is 535 g/mol. The number of ether oxygens (including phenoxy) is 4. The number of amides is 1. The van der Waals surface area contributed by atoms with Crippen LogP contribution in [0.2, 0.25) is 5.02 Å². The number of sulfonamides is 1. The Labute approximate surface area is 215 Å². The Balaban J connectivity index is 1.87. The number of carbonyl (C=O) groups excluding carboxylic acids is 1. The third-order valence-corrected chi connectivity index (χ3v) is 7.35. The van der Waals surface area contributed by atoms with E-state index in [9.17, 15) is 13.2 Å². The first kappa shape index (κ1) is 27.0. The van der Waals surface area contributed by atoms with Crippen LogP contribution in [-0.4, -0.2) is 49.3 Å². The minimum absolute atomic E-state index is 0.00705. The lowest BCUT2D eigenvalue weighted by atomic mass is 10.1. The molecule has 0 aliphatic heterocycles. The van der Waals surface area contributed by atoms with Crippen molar-refractivity contribution in [2.45, 2.75) is 11.4 Å². The van der Waals surface area contributed by atoms with Crippen LogP contribution < -0.4 is 28.6 Å². The highest BCUT2D eigenvalue weighted by atomic mass is 35.5. The Morgan fingerprint density at radius 2 is 1.47 bits per heavy atom. The molecule has 0 heterocycles. The minimum atomic E-state index is -4.09. The van der Waals surface area contributed by atoms with E-state index in [0.717, 1.165) is 4.31 Å². The quantitative estimate of drug-likeness (QED) is 0.398. The zero-order chi connectivity index (χ0) is 26.3. The summed E-state index contributed by atoms with van der Waals surface area (Å²) < 4.78 is 49.2. The highest BCUT2D eigenvalue weighted by Crippen LogP contribution is 2.39. The molecule has 0 aliphatic rings. The molecule has 0 spiro atoms. The maximum atomic E-state index is 13.5. The van der Waals surface area contributed by atoms with Gasteiger partial charge in [0.25, 0.3) is 10.0 Å². The molecular formula is C25H27ClN2O7S. The molecule has 0 saturated heterocycles. The van der Waals surface area contributed by atoms with Crippen molar-refractivity contribution >= 4 is 33.2 Å². The normalized spacial score (nSPS) is 10.9. The highest BCUT2D eigenvalue weighted by molar-refractivity contribution is 7.92. The lowest BCUT2D eigenvalue weighted by Gasteiger charge is -2.24. The van der Waals surface area contributed by atoms with E-state index in [2.05, 4.69) is 5.32 Å². The van der Waals surface area contributed by atoms with Gasteiger partial charge in [0.1, 0.15) is 12.3 Å². The van der Waals surface area contributed by atoms with E-state index < -0.39 is 22.5 Å². The topological polar surface area (TPSA) is 103 Å². The van der Waals surface area contributed by atoms with Crippen molar-refractivity contribution in [2.75, 3.05) is 39.3 Å². The van der Waals surface area contributed by atoms with Crippen LogP contribution in [0.15, 0.2) is 65.6 Å². The van der Waals surface area contributed by atoms with Gasteiger partial charge in [-0.05, 0) is 60.7 Å². The third-order valence-electron chi connectivity index (χ3n) is 5.31. The summed E-state index contributed by atoms with van der Waals surface area (Å²) in [7, 11) is 1.87. The number of rotatable bonds is 11. The fourth-order valence-electron chi connectivity index (χ4n) is 3.48. The number of anilines is 1. The van der Waals surface area contributed by atoms with Crippen molar-refractivity contribution in [1.29, 1.82) is 0 Å². The van der Waals surface area contributed by atoms with Gasteiger partial charge in [-0.25, -0.2) is 8.42 Å². The first-order chi connectivity index (χ1) is 17.2. The van der Waals surface area contributed by atoms with Crippen LogP contribution in [0.5, 0.6) is 23.0 Å². The molecule has 36 heavy (non-hydrogen) atoms. The molecule has 192 valence electrons. The second kappa shape index (κ2) is 11.9. The summed E-state index contributed by atoms with van der Waals surface area (Å²) in [5, 5.41) is 3.18. The number of hydrogen-bond acceptors (Lipinski definition) is 7. The molecule has 0 aliphatic carbocycles. The van der Waals surface area contributed by atoms with Gasteiger partial charge in [-0.2, -0.15) is 0 Å². The van der Waals surface area contributed by atoms with Crippen LogP contribution in [0.25, 0.3) is 0 Å². The Morgan fingerprint density at radius 3 is 2.03 bits per heavy atom. The van der Waals surface area contributed by atoms with E-state index in [1.165, 1.54) is 64.8 Å². The number of carbonyl (C=O) groups is 1. The Bertz CT molecular complexity index is 1300. The van der Waals surface area contributed by atoms with Crippen molar-refractivity contribution in [1.82, 2.24) is 5.32 Å². The largest absolute Gasteiger partial charge is 0.497 e. The SMILES string of the molecule is COc1ccc(S(=O)(=O)N(CC(=O)NCc2ccc(OC)c(OC)c2OC)c2ccc(Cl)cc2)cc1. The second-order valence-corrected chi connectivity index (χ2v) is 9.73. The molecule has 0 unspecified atom stereocenters. The van der Waals surface area contributed by atoms with E-state index in [4.69, 9.17) is 30.5 Å². The molecule has 0 atom stereocenters. The molecular weight excluding hydrogens is 508 g/mol. The molecule has 1 N–H and O–H groups in total.